The standard InChI is InChI=1S/C14H20ClNO3S/c1-2-16(12-5-3-4-6-12)20(18,19)13-8-7-11(10-17)14(15)9-13/h7-9,12,17H,2-6,10H2,1H3. The van der Waals surface area contributed by atoms with Crippen LogP contribution in [0.1, 0.15) is 38.2 Å². The predicted octanol–water partition coefficient (Wildman–Crippen LogP) is 2.79. The molecule has 0 saturated heterocycles. The van der Waals surface area contributed by atoms with Gasteiger partial charge in [0.25, 0.3) is 0 Å². The van der Waals surface area contributed by atoms with E-state index in [0.29, 0.717) is 12.1 Å². The quantitative estimate of drug-likeness (QED) is 0.908. The third-order valence-electron chi connectivity index (χ3n) is 3.85. The highest BCUT2D eigenvalue weighted by molar-refractivity contribution is 7.89. The van der Waals surface area contributed by atoms with Crippen LogP contribution in [0.2, 0.25) is 5.02 Å². The Morgan fingerprint density at radius 3 is 2.50 bits per heavy atom. The summed E-state index contributed by atoms with van der Waals surface area (Å²) in [6, 6.07) is 4.61. The Labute approximate surface area is 125 Å². The Morgan fingerprint density at radius 2 is 2.00 bits per heavy atom. The maximum Gasteiger partial charge on any atom is 0.243 e. The van der Waals surface area contributed by atoms with E-state index in [1.165, 1.54) is 12.1 Å². The molecule has 1 aromatic rings. The normalized spacial score (nSPS) is 17.0. The fraction of sp³-hybridized carbons (Fsp3) is 0.571. The predicted molar refractivity (Wildman–Crippen MR) is 79.2 cm³/mol. The highest BCUT2D eigenvalue weighted by Crippen LogP contribution is 2.30. The van der Waals surface area contributed by atoms with Crippen LogP contribution >= 0.6 is 11.6 Å². The van der Waals surface area contributed by atoms with Crippen molar-refractivity contribution in [2.45, 2.75) is 50.2 Å². The Kier molecular flexibility index (Phi) is 5.07. The number of aliphatic hydroxyl groups excluding tert-OH is 1. The molecule has 0 unspecified atom stereocenters. The molecule has 1 fully saturated rings. The monoisotopic (exact) mass is 317 g/mol. The first-order valence-corrected chi connectivity index (χ1v) is 8.73. The Balaban J connectivity index is 2.35. The average molecular weight is 318 g/mol. The molecule has 0 amide bonds. The highest BCUT2D eigenvalue weighted by atomic mass is 35.5. The first-order chi connectivity index (χ1) is 9.50. The number of hydrogen-bond donors (Lipinski definition) is 1. The van der Waals surface area contributed by atoms with E-state index in [1.54, 1.807) is 10.4 Å². The van der Waals surface area contributed by atoms with Gasteiger partial charge >= 0.3 is 0 Å². The molecule has 112 valence electrons. The topological polar surface area (TPSA) is 57.6 Å². The Bertz CT molecular complexity index is 568. The van der Waals surface area contributed by atoms with Gasteiger partial charge in [0.15, 0.2) is 0 Å². The molecule has 1 aliphatic rings. The number of aliphatic hydroxyl groups is 1. The fourth-order valence-electron chi connectivity index (χ4n) is 2.77. The van der Waals surface area contributed by atoms with Crippen LogP contribution < -0.4 is 0 Å². The summed E-state index contributed by atoms with van der Waals surface area (Å²) in [7, 11) is -3.51. The summed E-state index contributed by atoms with van der Waals surface area (Å²) in [5.41, 5.74) is 0.537. The number of halogens is 1. The van der Waals surface area contributed by atoms with Crippen molar-refractivity contribution in [2.75, 3.05) is 6.54 Å². The van der Waals surface area contributed by atoms with Crippen LogP contribution in [0.4, 0.5) is 0 Å². The van der Waals surface area contributed by atoms with Crippen LogP contribution in [-0.2, 0) is 16.6 Å². The van der Waals surface area contributed by atoms with Crippen LogP contribution in [0.3, 0.4) is 0 Å². The first-order valence-electron chi connectivity index (χ1n) is 6.91. The molecule has 4 nitrogen and oxygen atoms in total. The molecule has 0 atom stereocenters. The number of rotatable bonds is 5. The molecule has 1 aliphatic carbocycles. The number of hydrogen-bond acceptors (Lipinski definition) is 3. The van der Waals surface area contributed by atoms with Crippen molar-refractivity contribution in [3.8, 4) is 0 Å². The largest absolute Gasteiger partial charge is 0.392 e. The first kappa shape index (κ1) is 15.8. The van der Waals surface area contributed by atoms with Crippen LogP contribution in [-0.4, -0.2) is 30.4 Å². The molecule has 0 bridgehead atoms. The van der Waals surface area contributed by atoms with Gasteiger partial charge in [0.1, 0.15) is 0 Å². The summed E-state index contributed by atoms with van der Waals surface area (Å²) in [5, 5.41) is 9.38. The molecule has 0 heterocycles. The molecule has 6 heteroatoms. The van der Waals surface area contributed by atoms with Gasteiger partial charge in [-0.2, -0.15) is 4.31 Å². The number of nitrogens with zero attached hydrogens (tertiary/aromatic N) is 1. The zero-order valence-electron chi connectivity index (χ0n) is 11.5. The van der Waals surface area contributed by atoms with E-state index in [0.717, 1.165) is 25.7 Å². The summed E-state index contributed by atoms with van der Waals surface area (Å²) in [6.45, 7) is 2.13. The van der Waals surface area contributed by atoms with Gasteiger partial charge in [-0.1, -0.05) is 37.4 Å². The molecular formula is C14H20ClNO3S. The van der Waals surface area contributed by atoms with Gasteiger partial charge in [-0.25, -0.2) is 8.42 Å². The summed E-state index contributed by atoms with van der Waals surface area (Å²) in [5.74, 6) is 0. The van der Waals surface area contributed by atoms with Gasteiger partial charge in [0.2, 0.25) is 10.0 Å². The molecule has 20 heavy (non-hydrogen) atoms. The number of sulfonamides is 1. The molecule has 1 aromatic carbocycles. The SMILES string of the molecule is CCN(C1CCCC1)S(=O)(=O)c1ccc(CO)c(Cl)c1. The van der Waals surface area contributed by atoms with E-state index in [-0.39, 0.29) is 22.6 Å². The zero-order valence-corrected chi connectivity index (χ0v) is 13.1. The molecular weight excluding hydrogens is 298 g/mol. The van der Waals surface area contributed by atoms with E-state index in [2.05, 4.69) is 0 Å². The minimum absolute atomic E-state index is 0.0984. The lowest BCUT2D eigenvalue weighted by molar-refractivity contribution is 0.282. The van der Waals surface area contributed by atoms with Gasteiger partial charge in [-0.3, -0.25) is 0 Å². The van der Waals surface area contributed by atoms with Crippen LogP contribution in [0.15, 0.2) is 23.1 Å². The van der Waals surface area contributed by atoms with E-state index < -0.39 is 10.0 Å². The van der Waals surface area contributed by atoms with Crippen LogP contribution in [0.25, 0.3) is 0 Å². The summed E-state index contributed by atoms with van der Waals surface area (Å²) >= 11 is 6.00. The van der Waals surface area contributed by atoms with Crippen molar-refractivity contribution >= 4 is 21.6 Å². The summed E-state index contributed by atoms with van der Waals surface area (Å²) < 4.78 is 27.0. The Hall–Kier alpha value is -0.620. The molecule has 2 rings (SSSR count). The van der Waals surface area contributed by atoms with Crippen molar-refractivity contribution in [1.29, 1.82) is 0 Å². The van der Waals surface area contributed by atoms with Gasteiger partial charge in [0.05, 0.1) is 11.5 Å². The van der Waals surface area contributed by atoms with E-state index in [9.17, 15) is 8.42 Å². The van der Waals surface area contributed by atoms with Crippen LogP contribution in [0, 0.1) is 0 Å². The van der Waals surface area contributed by atoms with E-state index >= 15 is 0 Å². The summed E-state index contributed by atoms with van der Waals surface area (Å²) in [4.78, 5) is 0.202. The molecule has 1 N–H and O–H groups in total. The minimum atomic E-state index is -3.51. The van der Waals surface area contributed by atoms with Gasteiger partial charge in [0, 0.05) is 17.6 Å². The third kappa shape index (κ3) is 3.01. The maximum atomic E-state index is 12.7. The van der Waals surface area contributed by atoms with Gasteiger partial charge in [-0.05, 0) is 30.5 Å². The van der Waals surface area contributed by atoms with Crippen molar-refractivity contribution in [3.05, 3.63) is 28.8 Å². The summed E-state index contributed by atoms with van der Waals surface area (Å²) in [6.07, 6.45) is 4.02. The lowest BCUT2D eigenvalue weighted by atomic mass is 10.2. The molecule has 0 radical (unpaired) electrons. The Morgan fingerprint density at radius 1 is 1.35 bits per heavy atom. The van der Waals surface area contributed by atoms with Gasteiger partial charge in [-0.15, -0.1) is 0 Å². The highest BCUT2D eigenvalue weighted by Gasteiger charge is 2.32. The molecule has 0 aliphatic heterocycles. The van der Waals surface area contributed by atoms with Crippen LogP contribution in [0.5, 0.6) is 0 Å². The molecule has 0 aromatic heterocycles. The second-order valence-electron chi connectivity index (χ2n) is 5.06. The second kappa shape index (κ2) is 6.43. The number of benzene rings is 1. The van der Waals surface area contributed by atoms with Crippen molar-refractivity contribution in [1.82, 2.24) is 4.31 Å². The van der Waals surface area contributed by atoms with Crippen molar-refractivity contribution in [2.24, 2.45) is 0 Å². The van der Waals surface area contributed by atoms with Crippen molar-refractivity contribution < 1.29 is 13.5 Å². The second-order valence-corrected chi connectivity index (χ2v) is 7.36. The third-order valence-corrected chi connectivity index (χ3v) is 6.22. The lowest BCUT2D eigenvalue weighted by Crippen LogP contribution is -2.38. The lowest BCUT2D eigenvalue weighted by Gasteiger charge is -2.26. The minimum Gasteiger partial charge on any atom is -0.392 e. The average Bonchev–Trinajstić information content (AvgIpc) is 2.93. The smallest absolute Gasteiger partial charge is 0.243 e. The van der Waals surface area contributed by atoms with E-state index in [4.69, 9.17) is 16.7 Å². The molecule has 1 saturated carbocycles. The van der Waals surface area contributed by atoms with E-state index in [1.807, 2.05) is 6.92 Å². The van der Waals surface area contributed by atoms with Gasteiger partial charge < -0.3 is 5.11 Å². The fourth-order valence-corrected chi connectivity index (χ4v) is 4.79. The van der Waals surface area contributed by atoms with Crippen molar-refractivity contribution in [3.63, 3.8) is 0 Å². The zero-order chi connectivity index (χ0) is 14.8. The maximum absolute atomic E-state index is 12.7. The molecule has 0 spiro atoms.